The number of nitrogens with zero attached hydrogens (tertiary/aromatic N) is 3. The summed E-state index contributed by atoms with van der Waals surface area (Å²) in [5.74, 6) is -0.125. The third-order valence-electron chi connectivity index (χ3n) is 3.28. The van der Waals surface area contributed by atoms with Gasteiger partial charge >= 0.3 is 6.18 Å². The minimum Gasteiger partial charge on any atom is -0.366 e. The number of nitrogen functional groups attached to an aromatic ring is 1. The molecule has 0 fully saturated rings. The zero-order valence-corrected chi connectivity index (χ0v) is 10.3. The highest BCUT2D eigenvalue weighted by atomic mass is 19.4. The van der Waals surface area contributed by atoms with Crippen molar-refractivity contribution in [3.05, 3.63) is 35.9 Å². The summed E-state index contributed by atoms with van der Waals surface area (Å²) >= 11 is 0. The predicted molar refractivity (Wildman–Crippen MR) is 66.9 cm³/mol. The van der Waals surface area contributed by atoms with Crippen molar-refractivity contribution in [1.82, 2.24) is 14.8 Å². The molecular formula is C12H12F3N5. The molecule has 0 amide bonds. The summed E-state index contributed by atoms with van der Waals surface area (Å²) < 4.78 is 40.3. The summed E-state index contributed by atoms with van der Waals surface area (Å²) in [6.45, 7) is 0. The van der Waals surface area contributed by atoms with Gasteiger partial charge < -0.3 is 11.1 Å². The molecule has 3 N–H and O–H groups in total. The number of aromatic nitrogens is 3. The van der Waals surface area contributed by atoms with Crippen molar-refractivity contribution in [3.63, 3.8) is 0 Å². The molecule has 0 spiro atoms. The van der Waals surface area contributed by atoms with Crippen LogP contribution in [0.25, 0.3) is 0 Å². The molecule has 1 aliphatic rings. The molecule has 1 aromatic heterocycles. The van der Waals surface area contributed by atoms with Crippen LogP contribution in [0.4, 0.5) is 25.1 Å². The predicted octanol–water partition coefficient (Wildman–Crippen LogP) is 2.52. The lowest BCUT2D eigenvalue weighted by Gasteiger charge is -2.32. The number of anilines is 2. The molecule has 3 rings (SSSR count). The van der Waals surface area contributed by atoms with Crippen LogP contribution in [0.1, 0.15) is 24.1 Å². The number of benzene rings is 1. The highest BCUT2D eigenvalue weighted by Crippen LogP contribution is 2.42. The van der Waals surface area contributed by atoms with E-state index in [-0.39, 0.29) is 18.3 Å². The number of hydrogen-bond donors (Lipinski definition) is 2. The van der Waals surface area contributed by atoms with Gasteiger partial charge in [-0.3, -0.25) is 0 Å². The van der Waals surface area contributed by atoms with Gasteiger partial charge in [0.25, 0.3) is 0 Å². The zero-order chi connectivity index (χ0) is 14.3. The molecule has 2 aromatic rings. The first kappa shape index (κ1) is 12.8. The van der Waals surface area contributed by atoms with Gasteiger partial charge in [0.15, 0.2) is 6.04 Å². The summed E-state index contributed by atoms with van der Waals surface area (Å²) in [6, 6.07) is 6.74. The van der Waals surface area contributed by atoms with E-state index in [9.17, 15) is 13.2 Å². The van der Waals surface area contributed by atoms with Crippen molar-refractivity contribution in [3.8, 4) is 0 Å². The van der Waals surface area contributed by atoms with Crippen LogP contribution in [0.3, 0.4) is 0 Å². The van der Waals surface area contributed by atoms with Crippen LogP contribution < -0.4 is 11.1 Å². The van der Waals surface area contributed by atoms with Crippen LogP contribution in [0, 0.1) is 0 Å². The van der Waals surface area contributed by atoms with Gasteiger partial charge in [-0.1, -0.05) is 30.3 Å². The summed E-state index contributed by atoms with van der Waals surface area (Å²) in [6.07, 6.45) is -4.55. The van der Waals surface area contributed by atoms with Gasteiger partial charge in [-0.15, -0.1) is 5.10 Å². The van der Waals surface area contributed by atoms with E-state index in [1.807, 2.05) is 6.07 Å². The highest BCUT2D eigenvalue weighted by molar-refractivity contribution is 5.39. The van der Waals surface area contributed by atoms with Crippen LogP contribution in [-0.4, -0.2) is 20.9 Å². The average Bonchev–Trinajstić information content (AvgIpc) is 2.77. The quantitative estimate of drug-likeness (QED) is 0.843. The molecule has 2 heterocycles. The topological polar surface area (TPSA) is 68.8 Å². The van der Waals surface area contributed by atoms with E-state index >= 15 is 0 Å². The number of hydrogen-bond acceptors (Lipinski definition) is 4. The number of halogens is 3. The normalized spacial score (nSPS) is 22.1. The maximum atomic E-state index is 13.2. The van der Waals surface area contributed by atoms with Crippen molar-refractivity contribution in [2.24, 2.45) is 0 Å². The Labute approximate surface area is 112 Å². The van der Waals surface area contributed by atoms with Gasteiger partial charge in [-0.05, 0) is 5.56 Å². The Kier molecular flexibility index (Phi) is 2.81. The Bertz CT molecular complexity index is 607. The summed E-state index contributed by atoms with van der Waals surface area (Å²) in [5.41, 5.74) is 6.17. The molecule has 8 heteroatoms. The highest BCUT2D eigenvalue weighted by Gasteiger charge is 2.47. The second-order valence-electron chi connectivity index (χ2n) is 4.64. The molecule has 1 aromatic carbocycles. The van der Waals surface area contributed by atoms with Gasteiger partial charge in [-0.2, -0.15) is 18.2 Å². The van der Waals surface area contributed by atoms with Gasteiger partial charge in [-0.25, -0.2) is 4.68 Å². The minimum atomic E-state index is -4.40. The molecule has 0 bridgehead atoms. The SMILES string of the molecule is Nc1nc2n(n1)[C@@H](C(F)(F)F)C[C@H](c1ccccc1)N2. The van der Waals surface area contributed by atoms with Crippen LogP contribution >= 0.6 is 0 Å². The second kappa shape index (κ2) is 4.39. The summed E-state index contributed by atoms with van der Waals surface area (Å²) in [5, 5.41) is 6.57. The van der Waals surface area contributed by atoms with Gasteiger partial charge in [0, 0.05) is 6.42 Å². The van der Waals surface area contributed by atoms with Crippen LogP contribution in [0.15, 0.2) is 30.3 Å². The van der Waals surface area contributed by atoms with Crippen molar-refractivity contribution in [2.75, 3.05) is 11.1 Å². The van der Waals surface area contributed by atoms with Crippen LogP contribution in [-0.2, 0) is 0 Å². The van der Waals surface area contributed by atoms with Gasteiger partial charge in [0.05, 0.1) is 6.04 Å². The second-order valence-corrected chi connectivity index (χ2v) is 4.64. The Morgan fingerprint density at radius 2 is 1.95 bits per heavy atom. The first-order chi connectivity index (χ1) is 9.45. The average molecular weight is 283 g/mol. The van der Waals surface area contributed by atoms with E-state index < -0.39 is 18.3 Å². The lowest BCUT2D eigenvalue weighted by Crippen LogP contribution is -2.35. The monoisotopic (exact) mass is 283 g/mol. The molecule has 1 aliphatic heterocycles. The molecule has 20 heavy (non-hydrogen) atoms. The maximum Gasteiger partial charge on any atom is 0.411 e. The molecule has 0 saturated heterocycles. The first-order valence-corrected chi connectivity index (χ1v) is 6.05. The first-order valence-electron chi connectivity index (χ1n) is 6.05. The number of alkyl halides is 3. The van der Waals surface area contributed by atoms with Crippen molar-refractivity contribution < 1.29 is 13.2 Å². The Morgan fingerprint density at radius 1 is 1.25 bits per heavy atom. The fraction of sp³-hybridized carbons (Fsp3) is 0.333. The maximum absolute atomic E-state index is 13.2. The van der Waals surface area contributed by atoms with Gasteiger partial charge in [0.1, 0.15) is 0 Å². The lowest BCUT2D eigenvalue weighted by atomic mass is 9.97. The Balaban J connectivity index is 2.00. The van der Waals surface area contributed by atoms with E-state index in [0.717, 1.165) is 10.2 Å². The molecule has 106 valence electrons. The lowest BCUT2D eigenvalue weighted by molar-refractivity contribution is -0.173. The number of nitrogens with one attached hydrogen (secondary N) is 1. The summed E-state index contributed by atoms with van der Waals surface area (Å²) in [4.78, 5) is 3.81. The fourth-order valence-electron chi connectivity index (χ4n) is 2.37. The third-order valence-corrected chi connectivity index (χ3v) is 3.28. The largest absolute Gasteiger partial charge is 0.411 e. The Hall–Kier alpha value is -2.25. The smallest absolute Gasteiger partial charge is 0.366 e. The molecule has 0 unspecified atom stereocenters. The van der Waals surface area contributed by atoms with E-state index in [1.54, 1.807) is 24.3 Å². The van der Waals surface area contributed by atoms with E-state index in [1.165, 1.54) is 0 Å². The molecule has 2 atom stereocenters. The summed E-state index contributed by atoms with van der Waals surface area (Å²) in [7, 11) is 0. The zero-order valence-electron chi connectivity index (χ0n) is 10.3. The van der Waals surface area contributed by atoms with Crippen molar-refractivity contribution >= 4 is 11.9 Å². The van der Waals surface area contributed by atoms with Crippen molar-refractivity contribution in [2.45, 2.75) is 24.7 Å². The molecule has 0 radical (unpaired) electrons. The van der Waals surface area contributed by atoms with Crippen LogP contribution in [0.2, 0.25) is 0 Å². The molecular weight excluding hydrogens is 271 g/mol. The Morgan fingerprint density at radius 3 is 2.60 bits per heavy atom. The molecule has 0 saturated carbocycles. The standard InChI is InChI=1S/C12H12F3N5/c13-12(14,15)9-6-8(7-4-2-1-3-5-7)17-11-18-10(16)19-20(9)11/h1-5,8-9H,6H2,(H3,16,17,18,19)/t8-,9-/m1/s1. The van der Waals surface area contributed by atoms with Gasteiger partial charge in [0.2, 0.25) is 11.9 Å². The number of nitrogens with two attached hydrogens (primary N) is 1. The van der Waals surface area contributed by atoms with E-state index in [0.29, 0.717) is 0 Å². The van der Waals surface area contributed by atoms with Crippen molar-refractivity contribution in [1.29, 1.82) is 0 Å². The number of fused-ring (bicyclic) bond motifs is 1. The molecule has 0 aliphatic carbocycles. The van der Waals surface area contributed by atoms with E-state index in [4.69, 9.17) is 5.73 Å². The number of rotatable bonds is 1. The van der Waals surface area contributed by atoms with Crippen LogP contribution in [0.5, 0.6) is 0 Å². The third kappa shape index (κ3) is 2.17. The fourth-order valence-corrected chi connectivity index (χ4v) is 2.37. The molecule has 5 nitrogen and oxygen atoms in total. The van der Waals surface area contributed by atoms with E-state index in [2.05, 4.69) is 15.4 Å². The minimum absolute atomic E-state index is 0.0462.